The molecule has 1 amide bonds. The van der Waals surface area contributed by atoms with Crippen molar-refractivity contribution in [3.8, 4) is 11.5 Å². The molecule has 140 valence electrons. The number of methoxy groups -OCH3 is 2. The summed E-state index contributed by atoms with van der Waals surface area (Å²) in [6.07, 6.45) is 5.33. The van der Waals surface area contributed by atoms with Gasteiger partial charge in [-0.15, -0.1) is 0 Å². The summed E-state index contributed by atoms with van der Waals surface area (Å²) in [5, 5.41) is 2.21. The second kappa shape index (κ2) is 7.29. The van der Waals surface area contributed by atoms with Gasteiger partial charge in [0.05, 0.1) is 14.2 Å². The first-order chi connectivity index (χ1) is 12.7. The second-order valence-corrected chi connectivity index (χ2v) is 7.34. The van der Waals surface area contributed by atoms with Crippen molar-refractivity contribution in [3.63, 3.8) is 0 Å². The van der Waals surface area contributed by atoms with Gasteiger partial charge in [-0.25, -0.2) is 5.01 Å². The number of hydrogen-bond donors (Lipinski definition) is 1. The molecule has 0 spiro atoms. The van der Waals surface area contributed by atoms with Crippen LogP contribution in [-0.4, -0.2) is 55.7 Å². The van der Waals surface area contributed by atoms with Crippen LogP contribution in [-0.2, 0) is 11.3 Å². The first-order valence-electron chi connectivity index (χ1n) is 9.39. The van der Waals surface area contributed by atoms with Crippen LogP contribution in [0.4, 0.5) is 0 Å². The molecule has 2 unspecified atom stereocenters. The number of rotatable bonds is 6. The lowest BCUT2D eigenvalue weighted by atomic mass is 9.89. The topological polar surface area (TPSA) is 54.0 Å². The third-order valence-corrected chi connectivity index (χ3v) is 5.50. The van der Waals surface area contributed by atoms with Gasteiger partial charge in [0.2, 0.25) is 5.91 Å². The van der Waals surface area contributed by atoms with Gasteiger partial charge in [-0.3, -0.25) is 10.2 Å². The molecule has 3 aliphatic rings. The summed E-state index contributed by atoms with van der Waals surface area (Å²) < 4.78 is 10.8. The van der Waals surface area contributed by atoms with E-state index in [2.05, 4.69) is 21.4 Å². The van der Waals surface area contributed by atoms with Crippen LogP contribution in [0.25, 0.3) is 0 Å². The minimum Gasteiger partial charge on any atom is -0.497 e. The van der Waals surface area contributed by atoms with Gasteiger partial charge in [0.1, 0.15) is 11.5 Å². The van der Waals surface area contributed by atoms with Gasteiger partial charge in [0.15, 0.2) is 0 Å². The van der Waals surface area contributed by atoms with E-state index >= 15 is 0 Å². The van der Waals surface area contributed by atoms with Crippen LogP contribution in [0.5, 0.6) is 11.5 Å². The van der Waals surface area contributed by atoms with Gasteiger partial charge < -0.3 is 14.4 Å². The number of ether oxygens (including phenoxy) is 2. The zero-order chi connectivity index (χ0) is 18.1. The van der Waals surface area contributed by atoms with Crippen LogP contribution in [0, 0.1) is 5.92 Å². The Labute approximate surface area is 154 Å². The SMILES string of the molecule is COc1cc(CN(C(=O)C2=CCN3CC2CCN3)C2CC2)cc(OC)c1. The number of benzene rings is 1. The zero-order valence-electron chi connectivity index (χ0n) is 15.5. The smallest absolute Gasteiger partial charge is 0.250 e. The lowest BCUT2D eigenvalue weighted by molar-refractivity contribution is -0.129. The van der Waals surface area contributed by atoms with E-state index in [0.717, 1.165) is 61.5 Å². The molecule has 2 atom stereocenters. The molecule has 2 aliphatic heterocycles. The highest BCUT2D eigenvalue weighted by Gasteiger charge is 2.38. The number of carbonyl (C=O) groups excluding carboxylic acids is 1. The minimum atomic E-state index is 0.209. The molecule has 2 bridgehead atoms. The van der Waals surface area contributed by atoms with E-state index in [9.17, 15) is 4.79 Å². The van der Waals surface area contributed by atoms with E-state index in [1.165, 1.54) is 0 Å². The van der Waals surface area contributed by atoms with E-state index in [4.69, 9.17) is 9.47 Å². The summed E-state index contributed by atoms with van der Waals surface area (Å²) >= 11 is 0. The molecule has 1 aliphatic carbocycles. The molecule has 4 rings (SSSR count). The quantitative estimate of drug-likeness (QED) is 0.844. The Morgan fingerprint density at radius 1 is 1.19 bits per heavy atom. The van der Waals surface area contributed by atoms with Crippen molar-refractivity contribution in [3.05, 3.63) is 35.4 Å². The largest absolute Gasteiger partial charge is 0.497 e. The molecular formula is C20H27N3O3. The van der Waals surface area contributed by atoms with Crippen molar-refractivity contribution in [1.29, 1.82) is 0 Å². The van der Waals surface area contributed by atoms with E-state index in [1.807, 2.05) is 18.2 Å². The fourth-order valence-electron chi connectivity index (χ4n) is 3.92. The van der Waals surface area contributed by atoms with Crippen molar-refractivity contribution in [1.82, 2.24) is 15.3 Å². The molecular weight excluding hydrogens is 330 g/mol. The predicted octanol–water partition coefficient (Wildman–Crippen LogP) is 1.96. The third kappa shape index (κ3) is 3.57. The van der Waals surface area contributed by atoms with E-state index in [-0.39, 0.29) is 5.91 Å². The van der Waals surface area contributed by atoms with Gasteiger partial charge in [0.25, 0.3) is 0 Å². The normalized spacial score (nSPS) is 24.6. The number of hydrogen-bond acceptors (Lipinski definition) is 5. The molecule has 2 fully saturated rings. The molecule has 26 heavy (non-hydrogen) atoms. The molecule has 1 saturated heterocycles. The average molecular weight is 357 g/mol. The van der Waals surface area contributed by atoms with Gasteiger partial charge in [-0.05, 0) is 37.0 Å². The first kappa shape index (κ1) is 17.4. The molecule has 0 radical (unpaired) electrons. The summed E-state index contributed by atoms with van der Waals surface area (Å²) in [6.45, 7) is 3.29. The van der Waals surface area contributed by atoms with E-state index in [1.54, 1.807) is 14.2 Å². The van der Waals surface area contributed by atoms with Crippen molar-refractivity contribution < 1.29 is 14.3 Å². The maximum absolute atomic E-state index is 13.3. The maximum Gasteiger partial charge on any atom is 0.250 e. The Balaban J connectivity index is 1.56. The first-order valence-corrected chi connectivity index (χ1v) is 9.39. The monoisotopic (exact) mass is 357 g/mol. The van der Waals surface area contributed by atoms with Crippen LogP contribution in [0.3, 0.4) is 0 Å². The van der Waals surface area contributed by atoms with Crippen LogP contribution in [0.1, 0.15) is 24.8 Å². The van der Waals surface area contributed by atoms with Gasteiger partial charge in [-0.1, -0.05) is 6.08 Å². The lowest BCUT2D eigenvalue weighted by Gasteiger charge is -2.39. The number of amides is 1. The Hall–Kier alpha value is -2.05. The highest BCUT2D eigenvalue weighted by atomic mass is 16.5. The average Bonchev–Trinajstić information content (AvgIpc) is 3.50. The van der Waals surface area contributed by atoms with Crippen molar-refractivity contribution in [2.75, 3.05) is 33.9 Å². The molecule has 6 heteroatoms. The molecule has 1 saturated carbocycles. The van der Waals surface area contributed by atoms with Crippen LogP contribution >= 0.6 is 0 Å². The van der Waals surface area contributed by atoms with E-state index in [0.29, 0.717) is 18.5 Å². The molecule has 6 nitrogen and oxygen atoms in total. The molecule has 1 aromatic rings. The third-order valence-electron chi connectivity index (χ3n) is 5.50. The summed E-state index contributed by atoms with van der Waals surface area (Å²) in [5.74, 6) is 2.07. The van der Waals surface area contributed by atoms with Crippen molar-refractivity contribution in [2.45, 2.75) is 31.8 Å². The molecule has 2 heterocycles. The minimum absolute atomic E-state index is 0.209. The van der Waals surface area contributed by atoms with Crippen molar-refractivity contribution >= 4 is 5.91 Å². The Morgan fingerprint density at radius 2 is 1.92 bits per heavy atom. The highest BCUT2D eigenvalue weighted by Crippen LogP contribution is 2.34. The van der Waals surface area contributed by atoms with Gasteiger partial charge in [0, 0.05) is 49.8 Å². The van der Waals surface area contributed by atoms with Crippen LogP contribution in [0.15, 0.2) is 29.8 Å². The number of hydrazine groups is 1. The number of nitrogens with one attached hydrogen (secondary N) is 1. The Bertz CT molecular complexity index is 692. The van der Waals surface area contributed by atoms with E-state index < -0.39 is 0 Å². The fourth-order valence-corrected chi connectivity index (χ4v) is 3.92. The predicted molar refractivity (Wildman–Crippen MR) is 98.9 cm³/mol. The molecule has 0 aromatic heterocycles. The summed E-state index contributed by atoms with van der Waals surface area (Å²) in [5.41, 5.74) is 5.43. The summed E-state index contributed by atoms with van der Waals surface area (Å²) in [7, 11) is 3.30. The zero-order valence-corrected chi connectivity index (χ0v) is 15.5. The lowest BCUT2D eigenvalue weighted by Crippen LogP contribution is -2.52. The summed E-state index contributed by atoms with van der Waals surface area (Å²) in [4.78, 5) is 15.4. The Morgan fingerprint density at radius 3 is 2.58 bits per heavy atom. The standard InChI is InChI=1S/C20H27N3O3/c1-25-17-9-14(10-18(11-17)26-2)12-23(16-3-4-16)20(24)19-6-8-22-13-15(19)5-7-21-22/h6,9-11,15-16,21H,3-5,7-8,12-13H2,1-2H3. The maximum atomic E-state index is 13.3. The van der Waals surface area contributed by atoms with Crippen molar-refractivity contribution in [2.24, 2.45) is 5.92 Å². The Kier molecular flexibility index (Phi) is 4.87. The fraction of sp³-hybridized carbons (Fsp3) is 0.550. The van der Waals surface area contributed by atoms with Gasteiger partial charge >= 0.3 is 0 Å². The van der Waals surface area contributed by atoms with Crippen LogP contribution < -0.4 is 14.9 Å². The summed E-state index contributed by atoms with van der Waals surface area (Å²) in [6, 6.07) is 6.21. The highest BCUT2D eigenvalue weighted by molar-refractivity contribution is 5.94. The molecule has 1 N–H and O–H groups in total. The second-order valence-electron chi connectivity index (χ2n) is 7.34. The number of fused-ring (bicyclic) bond motifs is 2. The van der Waals surface area contributed by atoms with Gasteiger partial charge in [-0.2, -0.15) is 0 Å². The van der Waals surface area contributed by atoms with Crippen LogP contribution in [0.2, 0.25) is 0 Å². The number of nitrogens with zero attached hydrogens (tertiary/aromatic N) is 2. The number of carbonyl (C=O) groups is 1. The molecule has 1 aromatic carbocycles.